The second-order valence-electron chi connectivity index (χ2n) is 7.12. The topological polar surface area (TPSA) is 196 Å². The van der Waals surface area contributed by atoms with Gasteiger partial charge in [-0.2, -0.15) is 0 Å². The van der Waals surface area contributed by atoms with E-state index in [2.05, 4.69) is 0 Å². The van der Waals surface area contributed by atoms with Crippen LogP contribution in [0.1, 0.15) is 26.2 Å². The summed E-state index contributed by atoms with van der Waals surface area (Å²) in [4.78, 5) is 59.4. The van der Waals surface area contributed by atoms with E-state index in [1.807, 2.05) is 6.92 Å². The van der Waals surface area contributed by atoms with Gasteiger partial charge in [0.1, 0.15) is 0 Å². The number of nitrogens with zero attached hydrogens (tertiary/aromatic N) is 3. The van der Waals surface area contributed by atoms with E-state index in [1.165, 1.54) is 9.80 Å². The van der Waals surface area contributed by atoms with Crippen molar-refractivity contribution in [3.05, 3.63) is 0 Å². The summed E-state index contributed by atoms with van der Waals surface area (Å²) in [5, 5.41) is 45.3. The van der Waals surface area contributed by atoms with Crippen LogP contribution in [0.4, 0.5) is 0 Å². The molecule has 0 saturated carbocycles. The van der Waals surface area contributed by atoms with Crippen LogP contribution in [-0.4, -0.2) is 128 Å². The van der Waals surface area contributed by atoms with Crippen molar-refractivity contribution in [3.63, 3.8) is 0 Å². The molecule has 0 radical (unpaired) electrons. The van der Waals surface area contributed by atoms with Crippen molar-refractivity contribution < 1.29 is 49.5 Å². The normalized spacial score (nSPS) is 12.3. The lowest BCUT2D eigenvalue weighted by Gasteiger charge is -2.35. The van der Waals surface area contributed by atoms with Crippen LogP contribution in [0.15, 0.2) is 0 Å². The van der Waals surface area contributed by atoms with Gasteiger partial charge < -0.3 is 25.5 Å². The van der Waals surface area contributed by atoms with Gasteiger partial charge in [0.2, 0.25) is 0 Å². The minimum atomic E-state index is -1.23. The van der Waals surface area contributed by atoms with Crippen LogP contribution in [0, 0.1) is 0 Å². The molecule has 0 spiro atoms. The van der Waals surface area contributed by atoms with Gasteiger partial charge in [-0.1, -0.05) is 19.8 Å². The highest BCUT2D eigenvalue weighted by Crippen LogP contribution is 2.12. The molecule has 0 aliphatic carbocycles. The molecule has 0 heterocycles. The summed E-state index contributed by atoms with van der Waals surface area (Å²) in [6.45, 7) is -0.776. The highest BCUT2D eigenvalue weighted by atomic mass is 16.4. The predicted molar refractivity (Wildman–Crippen MR) is 106 cm³/mol. The zero-order valence-corrected chi connectivity index (χ0v) is 17.5. The Morgan fingerprint density at radius 3 is 1.45 bits per heavy atom. The third-order valence-corrected chi connectivity index (χ3v) is 4.35. The Bertz CT molecular complexity index is 596. The van der Waals surface area contributed by atoms with Crippen molar-refractivity contribution >= 4 is 29.8 Å². The molecular formula is C18H31N3O10. The maximum atomic E-state index is 11.4. The second-order valence-corrected chi connectivity index (χ2v) is 7.12. The van der Waals surface area contributed by atoms with Gasteiger partial charge in [0, 0.05) is 25.7 Å². The SMILES string of the molecule is CCCCC(CN(CC(=O)O)CC(=O)O)N(CCN(CC(=O)O)CC(=O)O)CC(=O)O. The Morgan fingerprint density at radius 2 is 1.06 bits per heavy atom. The van der Waals surface area contributed by atoms with Crippen LogP contribution < -0.4 is 0 Å². The first-order chi connectivity index (χ1) is 14.4. The predicted octanol–water partition coefficient (Wildman–Crippen LogP) is -1.13. The molecule has 0 rings (SSSR count). The fourth-order valence-electron chi connectivity index (χ4n) is 3.13. The quantitative estimate of drug-likeness (QED) is 0.159. The number of rotatable bonds is 19. The molecule has 0 bridgehead atoms. The first-order valence-corrected chi connectivity index (χ1v) is 9.72. The molecule has 5 N–H and O–H groups in total. The van der Waals surface area contributed by atoms with Gasteiger partial charge in [0.15, 0.2) is 0 Å². The lowest BCUT2D eigenvalue weighted by molar-refractivity contribution is -0.144. The van der Waals surface area contributed by atoms with Crippen LogP contribution >= 0.6 is 0 Å². The fraction of sp³-hybridized carbons (Fsp3) is 0.722. The van der Waals surface area contributed by atoms with Gasteiger partial charge in [-0.25, -0.2) is 0 Å². The van der Waals surface area contributed by atoms with Crippen molar-refractivity contribution in [3.8, 4) is 0 Å². The number of carboxylic acid groups (broad SMARTS) is 5. The lowest BCUT2D eigenvalue weighted by atomic mass is 10.1. The van der Waals surface area contributed by atoms with Gasteiger partial charge in [0.05, 0.1) is 32.7 Å². The zero-order valence-electron chi connectivity index (χ0n) is 17.5. The molecule has 0 aromatic carbocycles. The molecule has 0 aromatic rings. The van der Waals surface area contributed by atoms with Gasteiger partial charge in [-0.3, -0.25) is 38.7 Å². The standard InChI is InChI=1S/C18H31N3O10/c1-2-3-4-13(7-20(10-16(26)27)11-17(28)29)21(12-18(30)31)6-5-19(8-14(22)23)9-15(24)25/h13H,2-12H2,1H3,(H,22,23)(H,24,25)(H,26,27)(H,28,29)(H,30,31). The maximum absolute atomic E-state index is 11.4. The third kappa shape index (κ3) is 14.8. The molecule has 0 aliphatic heterocycles. The van der Waals surface area contributed by atoms with Crippen molar-refractivity contribution in [2.24, 2.45) is 0 Å². The van der Waals surface area contributed by atoms with Crippen molar-refractivity contribution in [2.75, 3.05) is 52.4 Å². The number of unbranched alkanes of at least 4 members (excludes halogenated alkanes) is 1. The summed E-state index contributed by atoms with van der Waals surface area (Å²) in [6, 6.07) is -0.522. The summed E-state index contributed by atoms with van der Waals surface area (Å²) in [6.07, 6.45) is 1.89. The van der Waals surface area contributed by atoms with Crippen LogP contribution in [-0.2, 0) is 24.0 Å². The number of aliphatic carboxylic acids is 5. The van der Waals surface area contributed by atoms with E-state index >= 15 is 0 Å². The van der Waals surface area contributed by atoms with E-state index in [9.17, 15) is 29.1 Å². The summed E-state index contributed by atoms with van der Waals surface area (Å²) >= 11 is 0. The molecule has 0 amide bonds. The fourth-order valence-corrected chi connectivity index (χ4v) is 3.13. The molecule has 13 heteroatoms. The Morgan fingerprint density at radius 1 is 0.645 bits per heavy atom. The Balaban J connectivity index is 5.54. The molecule has 1 unspecified atom stereocenters. The van der Waals surface area contributed by atoms with Crippen molar-refractivity contribution in [1.82, 2.24) is 14.7 Å². The lowest BCUT2D eigenvalue weighted by Crippen LogP contribution is -2.51. The maximum Gasteiger partial charge on any atom is 0.317 e. The molecule has 0 saturated heterocycles. The van der Waals surface area contributed by atoms with Crippen molar-refractivity contribution in [1.29, 1.82) is 0 Å². The Hall–Kier alpha value is -2.77. The van der Waals surface area contributed by atoms with E-state index in [0.717, 1.165) is 11.3 Å². The van der Waals surface area contributed by atoms with Crippen LogP contribution in [0.3, 0.4) is 0 Å². The van der Waals surface area contributed by atoms with E-state index in [-0.39, 0.29) is 19.6 Å². The number of carboxylic acids is 5. The highest BCUT2D eigenvalue weighted by molar-refractivity contribution is 5.73. The average molecular weight is 449 g/mol. The van der Waals surface area contributed by atoms with Gasteiger partial charge in [-0.05, 0) is 6.42 Å². The molecule has 0 aromatic heterocycles. The van der Waals surface area contributed by atoms with E-state index < -0.39 is 68.6 Å². The van der Waals surface area contributed by atoms with Crippen molar-refractivity contribution in [2.45, 2.75) is 32.2 Å². The van der Waals surface area contributed by atoms with Gasteiger partial charge in [-0.15, -0.1) is 0 Å². The van der Waals surface area contributed by atoms with E-state index in [0.29, 0.717) is 12.8 Å². The minimum absolute atomic E-state index is 0.00915. The molecule has 0 fully saturated rings. The molecule has 0 aliphatic rings. The Kier molecular flexibility index (Phi) is 13.7. The number of carbonyl (C=O) groups is 5. The smallest absolute Gasteiger partial charge is 0.317 e. The second kappa shape index (κ2) is 15.1. The number of hydrogen-bond acceptors (Lipinski definition) is 8. The average Bonchev–Trinajstić information content (AvgIpc) is 2.59. The summed E-state index contributed by atoms with van der Waals surface area (Å²) in [5.41, 5.74) is 0. The molecule has 178 valence electrons. The molecule has 1 atom stereocenters. The molecule has 13 nitrogen and oxygen atoms in total. The number of hydrogen-bond donors (Lipinski definition) is 5. The van der Waals surface area contributed by atoms with E-state index in [4.69, 9.17) is 20.4 Å². The summed E-state index contributed by atoms with van der Waals surface area (Å²) in [5.74, 6) is -6.10. The highest BCUT2D eigenvalue weighted by Gasteiger charge is 2.26. The zero-order chi connectivity index (χ0) is 24.0. The molecule has 31 heavy (non-hydrogen) atoms. The van der Waals surface area contributed by atoms with Gasteiger partial charge >= 0.3 is 29.8 Å². The van der Waals surface area contributed by atoms with Gasteiger partial charge in [0.25, 0.3) is 0 Å². The summed E-state index contributed by atoms with van der Waals surface area (Å²) in [7, 11) is 0. The minimum Gasteiger partial charge on any atom is -0.480 e. The monoisotopic (exact) mass is 449 g/mol. The molecular weight excluding hydrogens is 418 g/mol. The Labute approximate surface area is 179 Å². The van der Waals surface area contributed by atoms with Crippen LogP contribution in [0.5, 0.6) is 0 Å². The first kappa shape index (κ1) is 28.2. The largest absolute Gasteiger partial charge is 0.480 e. The first-order valence-electron chi connectivity index (χ1n) is 9.72. The third-order valence-electron chi connectivity index (χ3n) is 4.35. The van der Waals surface area contributed by atoms with Crippen LogP contribution in [0.25, 0.3) is 0 Å². The van der Waals surface area contributed by atoms with Crippen LogP contribution in [0.2, 0.25) is 0 Å². The summed E-state index contributed by atoms with van der Waals surface area (Å²) < 4.78 is 0. The van der Waals surface area contributed by atoms with E-state index in [1.54, 1.807) is 0 Å².